The average molecular weight is 389 g/mol. The SMILES string of the molecule is CCNC(=O)c1ncc2[nH]c3cccc(OCc4ccccc4)c3c2c1COC. The maximum Gasteiger partial charge on any atom is 0.270 e. The Morgan fingerprint density at radius 1 is 1.03 bits per heavy atom. The molecular formula is C23H23N3O3. The summed E-state index contributed by atoms with van der Waals surface area (Å²) in [5.74, 6) is 0.543. The second-order valence-electron chi connectivity index (χ2n) is 6.74. The smallest absolute Gasteiger partial charge is 0.270 e. The molecule has 148 valence electrons. The summed E-state index contributed by atoms with van der Waals surface area (Å²) in [6, 6.07) is 15.9. The number of hydrogen-bond donors (Lipinski definition) is 2. The summed E-state index contributed by atoms with van der Waals surface area (Å²) in [5, 5.41) is 4.66. The van der Waals surface area contributed by atoms with Crippen molar-refractivity contribution >= 4 is 27.7 Å². The fraction of sp³-hybridized carbons (Fsp3) is 0.217. The molecule has 6 heteroatoms. The van der Waals surface area contributed by atoms with Crippen molar-refractivity contribution in [1.82, 2.24) is 15.3 Å². The third kappa shape index (κ3) is 3.67. The fourth-order valence-electron chi connectivity index (χ4n) is 3.55. The molecule has 0 spiro atoms. The predicted octanol–water partition coefficient (Wildman–Crippen LogP) is 4.19. The molecule has 0 saturated carbocycles. The summed E-state index contributed by atoms with van der Waals surface area (Å²) < 4.78 is 11.6. The van der Waals surface area contributed by atoms with Crippen LogP contribution in [0.5, 0.6) is 5.75 Å². The molecule has 0 unspecified atom stereocenters. The van der Waals surface area contributed by atoms with Crippen LogP contribution in [0.25, 0.3) is 21.8 Å². The lowest BCUT2D eigenvalue weighted by Gasteiger charge is -2.12. The van der Waals surface area contributed by atoms with Gasteiger partial charge in [0.25, 0.3) is 5.91 Å². The minimum Gasteiger partial charge on any atom is -0.488 e. The maximum atomic E-state index is 12.6. The van der Waals surface area contributed by atoms with Gasteiger partial charge in [0.1, 0.15) is 18.1 Å². The second-order valence-corrected chi connectivity index (χ2v) is 6.74. The molecule has 0 radical (unpaired) electrons. The number of nitrogens with zero attached hydrogens (tertiary/aromatic N) is 1. The summed E-state index contributed by atoms with van der Waals surface area (Å²) in [6.45, 7) is 3.15. The number of nitrogens with one attached hydrogen (secondary N) is 2. The number of carbonyl (C=O) groups is 1. The van der Waals surface area contributed by atoms with E-state index in [0.29, 0.717) is 18.8 Å². The Bertz CT molecular complexity index is 1150. The lowest BCUT2D eigenvalue weighted by molar-refractivity contribution is 0.0946. The van der Waals surface area contributed by atoms with Gasteiger partial charge in [-0.25, -0.2) is 4.98 Å². The number of aromatic nitrogens is 2. The molecule has 2 aromatic carbocycles. The third-order valence-electron chi connectivity index (χ3n) is 4.80. The summed E-state index contributed by atoms with van der Waals surface area (Å²) in [4.78, 5) is 20.3. The molecule has 29 heavy (non-hydrogen) atoms. The van der Waals surface area contributed by atoms with E-state index in [4.69, 9.17) is 9.47 Å². The number of benzene rings is 2. The van der Waals surface area contributed by atoms with Gasteiger partial charge in [-0.3, -0.25) is 4.79 Å². The Hall–Kier alpha value is -3.38. The molecule has 0 aliphatic rings. The first-order valence-electron chi connectivity index (χ1n) is 9.59. The Kier molecular flexibility index (Phi) is 5.44. The third-order valence-corrected chi connectivity index (χ3v) is 4.80. The maximum absolute atomic E-state index is 12.6. The van der Waals surface area contributed by atoms with Crippen molar-refractivity contribution in [3.8, 4) is 5.75 Å². The quantitative estimate of drug-likeness (QED) is 0.497. The first kappa shape index (κ1) is 19.0. The number of methoxy groups -OCH3 is 1. The van der Waals surface area contributed by atoms with Gasteiger partial charge in [0.15, 0.2) is 0 Å². The highest BCUT2D eigenvalue weighted by atomic mass is 16.5. The Balaban J connectivity index is 1.87. The number of hydrogen-bond acceptors (Lipinski definition) is 4. The molecule has 0 fully saturated rings. The van der Waals surface area contributed by atoms with Gasteiger partial charge in [0, 0.05) is 30.0 Å². The number of aromatic amines is 1. The molecule has 2 aromatic heterocycles. The Morgan fingerprint density at radius 3 is 2.62 bits per heavy atom. The van der Waals surface area contributed by atoms with E-state index < -0.39 is 0 Å². The Labute approximate surface area is 168 Å². The van der Waals surface area contributed by atoms with Gasteiger partial charge in [-0.2, -0.15) is 0 Å². The lowest BCUT2D eigenvalue weighted by atomic mass is 10.0. The largest absolute Gasteiger partial charge is 0.488 e. The summed E-state index contributed by atoms with van der Waals surface area (Å²) in [5.41, 5.74) is 3.98. The first-order valence-corrected chi connectivity index (χ1v) is 9.59. The van der Waals surface area contributed by atoms with Gasteiger partial charge in [0.2, 0.25) is 0 Å². The van der Waals surface area contributed by atoms with E-state index in [1.807, 2.05) is 55.5 Å². The van der Waals surface area contributed by atoms with E-state index in [9.17, 15) is 4.79 Å². The summed E-state index contributed by atoms with van der Waals surface area (Å²) in [6.07, 6.45) is 1.69. The van der Waals surface area contributed by atoms with Crippen LogP contribution in [0, 0.1) is 0 Å². The number of fused-ring (bicyclic) bond motifs is 3. The molecular weight excluding hydrogens is 366 g/mol. The molecule has 2 N–H and O–H groups in total. The van der Waals surface area contributed by atoms with E-state index in [2.05, 4.69) is 15.3 Å². The van der Waals surface area contributed by atoms with Crippen LogP contribution in [0.3, 0.4) is 0 Å². The zero-order chi connectivity index (χ0) is 20.2. The highest BCUT2D eigenvalue weighted by Gasteiger charge is 2.20. The van der Waals surface area contributed by atoms with Crippen LogP contribution in [0.2, 0.25) is 0 Å². The van der Waals surface area contributed by atoms with Gasteiger partial charge < -0.3 is 19.8 Å². The number of rotatable bonds is 7. The zero-order valence-electron chi connectivity index (χ0n) is 16.5. The molecule has 0 saturated heterocycles. The number of H-pyrrole nitrogens is 1. The van der Waals surface area contributed by atoms with Gasteiger partial charge in [-0.15, -0.1) is 0 Å². The highest BCUT2D eigenvalue weighted by molar-refractivity contribution is 6.14. The van der Waals surface area contributed by atoms with E-state index >= 15 is 0 Å². The minimum atomic E-state index is -0.210. The van der Waals surface area contributed by atoms with E-state index in [-0.39, 0.29) is 12.5 Å². The van der Waals surface area contributed by atoms with Crippen molar-refractivity contribution in [3.63, 3.8) is 0 Å². The van der Waals surface area contributed by atoms with Gasteiger partial charge in [0.05, 0.1) is 23.8 Å². The predicted molar refractivity (Wildman–Crippen MR) is 113 cm³/mol. The second kappa shape index (κ2) is 8.32. The topological polar surface area (TPSA) is 76.2 Å². The summed E-state index contributed by atoms with van der Waals surface area (Å²) in [7, 11) is 1.61. The van der Waals surface area contributed by atoms with Crippen LogP contribution < -0.4 is 10.1 Å². The van der Waals surface area contributed by atoms with E-state index in [0.717, 1.165) is 38.7 Å². The molecule has 6 nitrogen and oxygen atoms in total. The van der Waals surface area contributed by atoms with Crippen LogP contribution in [0.4, 0.5) is 0 Å². The lowest BCUT2D eigenvalue weighted by Crippen LogP contribution is -2.25. The average Bonchev–Trinajstić information content (AvgIpc) is 3.13. The van der Waals surface area contributed by atoms with Gasteiger partial charge in [-0.1, -0.05) is 36.4 Å². The van der Waals surface area contributed by atoms with Crippen molar-refractivity contribution < 1.29 is 14.3 Å². The molecule has 0 aliphatic carbocycles. The monoisotopic (exact) mass is 389 g/mol. The number of pyridine rings is 1. The van der Waals surface area contributed by atoms with Crippen LogP contribution in [-0.4, -0.2) is 29.5 Å². The number of carbonyl (C=O) groups excluding carboxylic acids is 1. The standard InChI is InChI=1S/C23H23N3O3/c1-3-24-23(27)22-16(14-28-2)20-18(12-25-22)26-17-10-7-11-19(21(17)20)29-13-15-8-5-4-6-9-15/h4-12,26H,3,13-14H2,1-2H3,(H,24,27). The molecule has 0 atom stereocenters. The summed E-state index contributed by atoms with van der Waals surface area (Å²) >= 11 is 0. The zero-order valence-corrected chi connectivity index (χ0v) is 16.5. The van der Waals surface area contributed by atoms with Crippen molar-refractivity contribution in [2.75, 3.05) is 13.7 Å². The molecule has 4 aromatic rings. The van der Waals surface area contributed by atoms with Crippen LogP contribution >= 0.6 is 0 Å². The molecule has 0 aliphatic heterocycles. The first-order chi connectivity index (χ1) is 14.2. The number of ether oxygens (including phenoxy) is 2. The normalized spacial score (nSPS) is 11.1. The fourth-order valence-corrected chi connectivity index (χ4v) is 3.55. The molecule has 1 amide bonds. The van der Waals surface area contributed by atoms with E-state index in [1.165, 1.54) is 0 Å². The van der Waals surface area contributed by atoms with Crippen molar-refractivity contribution in [1.29, 1.82) is 0 Å². The minimum absolute atomic E-state index is 0.210. The molecule has 4 rings (SSSR count). The molecule has 2 heterocycles. The van der Waals surface area contributed by atoms with Crippen LogP contribution in [0.15, 0.2) is 54.7 Å². The molecule has 0 bridgehead atoms. The van der Waals surface area contributed by atoms with Gasteiger partial charge in [-0.05, 0) is 24.6 Å². The number of amides is 1. The highest BCUT2D eigenvalue weighted by Crippen LogP contribution is 2.36. The van der Waals surface area contributed by atoms with Crippen molar-refractivity contribution in [2.45, 2.75) is 20.1 Å². The Morgan fingerprint density at radius 2 is 1.86 bits per heavy atom. The van der Waals surface area contributed by atoms with Crippen molar-refractivity contribution in [3.05, 3.63) is 71.5 Å². The van der Waals surface area contributed by atoms with Gasteiger partial charge >= 0.3 is 0 Å². The van der Waals surface area contributed by atoms with E-state index in [1.54, 1.807) is 13.3 Å². The van der Waals surface area contributed by atoms with Crippen LogP contribution in [0.1, 0.15) is 28.5 Å². The van der Waals surface area contributed by atoms with Crippen LogP contribution in [-0.2, 0) is 18.0 Å². The van der Waals surface area contributed by atoms with Crippen molar-refractivity contribution in [2.24, 2.45) is 0 Å².